The molecule has 1 saturated carbocycles. The van der Waals surface area contributed by atoms with Crippen molar-refractivity contribution in [2.75, 3.05) is 25.5 Å². The topological polar surface area (TPSA) is 52.9 Å². The normalized spacial score (nSPS) is 18.6. The number of rotatable bonds is 7. The second kappa shape index (κ2) is 10.1. The van der Waals surface area contributed by atoms with Crippen LogP contribution in [0.2, 0.25) is 5.02 Å². The third kappa shape index (κ3) is 5.02. The number of hydrogen-bond acceptors (Lipinski definition) is 4. The van der Waals surface area contributed by atoms with Gasteiger partial charge in [-0.3, -0.25) is 4.79 Å². The first-order chi connectivity index (χ1) is 15.9. The van der Waals surface area contributed by atoms with Crippen LogP contribution in [0.25, 0.3) is 5.52 Å². The molecule has 176 valence electrons. The van der Waals surface area contributed by atoms with Gasteiger partial charge in [-0.1, -0.05) is 17.7 Å². The third-order valence-corrected chi connectivity index (χ3v) is 7.23. The van der Waals surface area contributed by atoms with Crippen LogP contribution in [0.1, 0.15) is 54.2 Å². The van der Waals surface area contributed by atoms with Crippen molar-refractivity contribution < 1.29 is 4.79 Å². The molecule has 7 heteroatoms. The molecule has 1 N–H and O–H groups in total. The Morgan fingerprint density at radius 3 is 2.58 bits per heavy atom. The van der Waals surface area contributed by atoms with E-state index < -0.39 is 0 Å². The smallest absolute Gasteiger partial charge is 0.251 e. The van der Waals surface area contributed by atoms with Crippen molar-refractivity contribution in [3.8, 4) is 0 Å². The van der Waals surface area contributed by atoms with Gasteiger partial charge in [0.25, 0.3) is 5.91 Å². The Labute approximate surface area is 201 Å². The van der Waals surface area contributed by atoms with Gasteiger partial charge in [0.1, 0.15) is 0 Å². The number of amides is 1. The molecule has 0 bridgehead atoms. The highest BCUT2D eigenvalue weighted by molar-refractivity contribution is 6.31. The average molecular weight is 468 g/mol. The second-order valence-electron chi connectivity index (χ2n) is 9.18. The summed E-state index contributed by atoms with van der Waals surface area (Å²) < 4.78 is 1.85. The van der Waals surface area contributed by atoms with Crippen molar-refractivity contribution in [3.63, 3.8) is 0 Å². The van der Waals surface area contributed by atoms with Gasteiger partial charge in [-0.05, 0) is 89.5 Å². The van der Waals surface area contributed by atoms with Crippen molar-refractivity contribution in [2.45, 2.75) is 58.2 Å². The molecule has 1 aromatic carbocycles. The molecule has 1 aliphatic carbocycles. The van der Waals surface area contributed by atoms with Crippen molar-refractivity contribution in [1.29, 1.82) is 0 Å². The third-order valence-electron chi connectivity index (χ3n) is 7.01. The van der Waals surface area contributed by atoms with Crippen molar-refractivity contribution in [2.24, 2.45) is 0 Å². The maximum atomic E-state index is 13.2. The number of nitrogens with one attached hydrogen (secondary N) is 1. The Bertz CT molecular complexity index is 1120. The van der Waals surface area contributed by atoms with E-state index in [1.807, 2.05) is 41.8 Å². The monoisotopic (exact) mass is 467 g/mol. The highest BCUT2D eigenvalue weighted by Crippen LogP contribution is 2.34. The summed E-state index contributed by atoms with van der Waals surface area (Å²) in [5, 5.41) is 8.01. The van der Waals surface area contributed by atoms with E-state index in [1.54, 1.807) is 12.3 Å². The summed E-state index contributed by atoms with van der Waals surface area (Å²) in [5.41, 5.74) is 4.61. The van der Waals surface area contributed by atoms with E-state index in [4.69, 9.17) is 11.6 Å². The molecule has 2 heterocycles. The zero-order chi connectivity index (χ0) is 23.5. The minimum atomic E-state index is -0.118. The molecule has 0 aliphatic heterocycles. The molecule has 0 saturated heterocycles. The molecule has 1 fully saturated rings. The lowest BCUT2D eigenvalue weighted by Crippen LogP contribution is -2.42. The van der Waals surface area contributed by atoms with Crippen LogP contribution in [0.4, 0.5) is 5.69 Å². The number of halogens is 1. The molecule has 0 spiro atoms. The van der Waals surface area contributed by atoms with Gasteiger partial charge < -0.3 is 15.1 Å². The van der Waals surface area contributed by atoms with Crippen molar-refractivity contribution in [1.82, 2.24) is 19.8 Å². The Morgan fingerprint density at radius 1 is 1.15 bits per heavy atom. The average Bonchev–Trinajstić information content (AvgIpc) is 3.30. The number of pyridine rings is 1. The van der Waals surface area contributed by atoms with Gasteiger partial charge in [-0.15, -0.1) is 0 Å². The molecule has 6 nitrogen and oxygen atoms in total. The van der Waals surface area contributed by atoms with Gasteiger partial charge >= 0.3 is 0 Å². The van der Waals surface area contributed by atoms with Gasteiger partial charge in [0.05, 0.1) is 17.8 Å². The van der Waals surface area contributed by atoms with Gasteiger partial charge in [-0.25, -0.2) is 4.52 Å². The molecule has 4 rings (SSSR count). The minimum Gasteiger partial charge on any atom is -0.369 e. The Balaban J connectivity index is 1.53. The molecule has 0 atom stereocenters. The molecule has 2 aromatic heterocycles. The highest BCUT2D eigenvalue weighted by atomic mass is 35.5. The van der Waals surface area contributed by atoms with Crippen molar-refractivity contribution >= 4 is 28.7 Å². The van der Waals surface area contributed by atoms with Crippen LogP contribution in [-0.4, -0.2) is 53.1 Å². The number of fused-ring (bicyclic) bond motifs is 1. The van der Waals surface area contributed by atoms with Crippen LogP contribution in [0, 0.1) is 6.92 Å². The van der Waals surface area contributed by atoms with Crippen LogP contribution in [0.15, 0.2) is 42.6 Å². The molecule has 1 amide bonds. The predicted octanol–water partition coefficient (Wildman–Crippen LogP) is 4.93. The maximum absolute atomic E-state index is 13.2. The lowest BCUT2D eigenvalue weighted by atomic mass is 9.89. The summed E-state index contributed by atoms with van der Waals surface area (Å²) in [4.78, 5) is 18.0. The van der Waals surface area contributed by atoms with E-state index in [1.165, 1.54) is 12.8 Å². The second-order valence-corrected chi connectivity index (χ2v) is 9.61. The van der Waals surface area contributed by atoms with Crippen LogP contribution in [0.5, 0.6) is 0 Å². The number of aromatic nitrogens is 2. The molecule has 1 aliphatic rings. The standard InChI is InChI=1S/C26H34ClN5O/c1-5-31(21-11-9-20(10-12-21)30(3)4)25-16-19(27)15-24(18(25)2)26(33)28-17-23-8-6-7-22-13-14-29-32(22)23/h6-8,13-16,20-21H,5,9-12,17H2,1-4H3,(H,28,33)/t20-,21-. The number of benzene rings is 1. The number of anilines is 1. The summed E-state index contributed by atoms with van der Waals surface area (Å²) >= 11 is 6.52. The van der Waals surface area contributed by atoms with Gasteiger partial charge in [-0.2, -0.15) is 5.10 Å². The van der Waals surface area contributed by atoms with E-state index >= 15 is 0 Å². The van der Waals surface area contributed by atoms with E-state index in [0.717, 1.165) is 41.8 Å². The van der Waals surface area contributed by atoms with Crippen LogP contribution < -0.4 is 10.2 Å². The first-order valence-electron chi connectivity index (χ1n) is 11.8. The lowest BCUT2D eigenvalue weighted by Gasteiger charge is -2.40. The summed E-state index contributed by atoms with van der Waals surface area (Å²) in [7, 11) is 4.34. The Hall–Kier alpha value is -2.57. The first kappa shape index (κ1) is 23.6. The fourth-order valence-electron chi connectivity index (χ4n) is 5.12. The zero-order valence-corrected chi connectivity index (χ0v) is 20.8. The summed E-state index contributed by atoms with van der Waals surface area (Å²) in [6.07, 6.45) is 6.45. The van der Waals surface area contributed by atoms with Gasteiger partial charge in [0.2, 0.25) is 0 Å². The predicted molar refractivity (Wildman–Crippen MR) is 135 cm³/mol. The summed E-state index contributed by atoms with van der Waals surface area (Å²) in [6, 6.07) is 12.8. The number of carbonyl (C=O) groups excluding carboxylic acids is 1. The number of nitrogens with zero attached hydrogens (tertiary/aromatic N) is 4. The number of carbonyl (C=O) groups is 1. The fourth-order valence-corrected chi connectivity index (χ4v) is 5.33. The van der Waals surface area contributed by atoms with E-state index in [-0.39, 0.29) is 5.91 Å². The quantitative estimate of drug-likeness (QED) is 0.535. The molecule has 33 heavy (non-hydrogen) atoms. The minimum absolute atomic E-state index is 0.118. The molecule has 0 radical (unpaired) electrons. The first-order valence-corrected chi connectivity index (χ1v) is 12.2. The maximum Gasteiger partial charge on any atom is 0.251 e. The van der Waals surface area contributed by atoms with E-state index in [2.05, 4.69) is 41.2 Å². The molecule has 0 unspecified atom stereocenters. The number of hydrogen-bond donors (Lipinski definition) is 1. The largest absolute Gasteiger partial charge is 0.369 e. The summed E-state index contributed by atoms with van der Waals surface area (Å²) in [6.45, 7) is 5.50. The van der Waals surface area contributed by atoms with Crippen molar-refractivity contribution in [3.05, 3.63) is 64.4 Å². The zero-order valence-electron chi connectivity index (χ0n) is 20.0. The molecular formula is C26H34ClN5O. The Kier molecular flexibility index (Phi) is 7.25. The van der Waals surface area contributed by atoms with Crippen LogP contribution in [-0.2, 0) is 6.54 Å². The van der Waals surface area contributed by atoms with Crippen LogP contribution in [0.3, 0.4) is 0 Å². The van der Waals surface area contributed by atoms with E-state index in [9.17, 15) is 4.79 Å². The SMILES string of the molecule is CCN(c1cc(Cl)cc(C(=O)NCc2cccc3ccnn23)c1C)[C@H]1CC[C@H](N(C)C)CC1. The summed E-state index contributed by atoms with van der Waals surface area (Å²) in [5.74, 6) is -0.118. The fraction of sp³-hybridized carbons (Fsp3) is 0.462. The highest BCUT2D eigenvalue weighted by Gasteiger charge is 2.28. The van der Waals surface area contributed by atoms with Gasteiger partial charge in [0.15, 0.2) is 0 Å². The van der Waals surface area contributed by atoms with Crippen LogP contribution >= 0.6 is 11.6 Å². The molecular weight excluding hydrogens is 434 g/mol. The molecule has 3 aromatic rings. The Morgan fingerprint density at radius 2 is 1.88 bits per heavy atom. The van der Waals surface area contributed by atoms with Gasteiger partial charge in [0, 0.05) is 41.1 Å². The van der Waals surface area contributed by atoms with E-state index in [0.29, 0.717) is 29.2 Å². The lowest BCUT2D eigenvalue weighted by molar-refractivity contribution is 0.0949.